The van der Waals surface area contributed by atoms with Gasteiger partial charge in [0.1, 0.15) is 0 Å². The van der Waals surface area contributed by atoms with Gasteiger partial charge in [-0.15, -0.1) is 0 Å². The Morgan fingerprint density at radius 2 is 1.67 bits per heavy atom. The average molecular weight is 288 g/mol. The molecule has 1 saturated carbocycles. The van der Waals surface area contributed by atoms with Crippen LogP contribution in [0.4, 0.5) is 5.69 Å². The summed E-state index contributed by atoms with van der Waals surface area (Å²) < 4.78 is 0. The molecule has 0 aromatic heterocycles. The molecule has 1 N–H and O–H groups in total. The van der Waals surface area contributed by atoms with E-state index in [9.17, 15) is 0 Å². The van der Waals surface area contributed by atoms with Crippen LogP contribution in [0.5, 0.6) is 0 Å². The maximum Gasteiger partial charge on any atom is 0.0366 e. The first-order valence-corrected chi connectivity index (χ1v) is 8.81. The maximum absolute atomic E-state index is 3.73. The van der Waals surface area contributed by atoms with Gasteiger partial charge in [-0.1, -0.05) is 31.4 Å². The number of nitrogens with one attached hydrogen (secondary N) is 1. The van der Waals surface area contributed by atoms with Gasteiger partial charge >= 0.3 is 0 Å². The molecule has 0 radical (unpaired) electrons. The van der Waals surface area contributed by atoms with Crippen molar-refractivity contribution in [3.63, 3.8) is 0 Å². The highest BCUT2D eigenvalue weighted by Gasteiger charge is 2.19. The van der Waals surface area contributed by atoms with Crippen molar-refractivity contribution < 1.29 is 0 Å². The predicted octanol–water partition coefficient (Wildman–Crippen LogP) is 4.59. The van der Waals surface area contributed by atoms with Gasteiger partial charge in [0, 0.05) is 31.4 Å². The van der Waals surface area contributed by atoms with E-state index in [1.807, 2.05) is 0 Å². The third-order valence-corrected chi connectivity index (χ3v) is 5.05. The molecule has 1 aromatic rings. The highest BCUT2D eigenvalue weighted by atomic mass is 15.1. The number of anilines is 1. The molecular weight excluding hydrogens is 256 g/mol. The van der Waals surface area contributed by atoms with Crippen molar-refractivity contribution >= 4 is 5.69 Å². The molecule has 1 atom stereocenters. The van der Waals surface area contributed by atoms with E-state index in [-0.39, 0.29) is 0 Å². The highest BCUT2D eigenvalue weighted by Crippen LogP contribution is 2.26. The van der Waals surface area contributed by atoms with Gasteiger partial charge in [-0.25, -0.2) is 0 Å². The Labute approximate surface area is 130 Å². The lowest BCUT2D eigenvalue weighted by atomic mass is 9.84. The molecular formula is C19H32N2. The Kier molecular flexibility index (Phi) is 6.56. The lowest BCUT2D eigenvalue weighted by Crippen LogP contribution is -2.34. The smallest absolute Gasteiger partial charge is 0.0366 e. The van der Waals surface area contributed by atoms with E-state index in [2.05, 4.69) is 55.3 Å². The molecule has 0 amide bonds. The summed E-state index contributed by atoms with van der Waals surface area (Å²) >= 11 is 0. The van der Waals surface area contributed by atoms with Crippen LogP contribution < -0.4 is 10.2 Å². The minimum atomic E-state index is 0.646. The molecule has 0 aliphatic heterocycles. The Hall–Kier alpha value is -1.02. The standard InChI is InChI=1S/C19H32N2/c1-4-21(5-2)19-13-11-17(12-14-19)15-20-16(3)18-9-7-6-8-10-18/h11-14,16,18,20H,4-10,15H2,1-3H3/t16-/m0/s1. The second-order valence-corrected chi connectivity index (χ2v) is 6.41. The van der Waals surface area contributed by atoms with Crippen molar-refractivity contribution in [3.05, 3.63) is 29.8 Å². The molecule has 0 spiro atoms. The quantitative estimate of drug-likeness (QED) is 0.789. The van der Waals surface area contributed by atoms with Gasteiger partial charge in [0.2, 0.25) is 0 Å². The summed E-state index contributed by atoms with van der Waals surface area (Å²) in [6.45, 7) is 9.94. The van der Waals surface area contributed by atoms with Crippen LogP contribution in [0.15, 0.2) is 24.3 Å². The van der Waals surface area contributed by atoms with Crippen LogP contribution in [-0.2, 0) is 6.54 Å². The molecule has 1 aliphatic rings. The number of nitrogens with zero attached hydrogens (tertiary/aromatic N) is 1. The van der Waals surface area contributed by atoms with Gasteiger partial charge < -0.3 is 10.2 Å². The molecule has 118 valence electrons. The monoisotopic (exact) mass is 288 g/mol. The predicted molar refractivity (Wildman–Crippen MR) is 92.9 cm³/mol. The van der Waals surface area contributed by atoms with E-state index in [0.717, 1.165) is 25.6 Å². The van der Waals surface area contributed by atoms with Crippen LogP contribution in [0, 0.1) is 5.92 Å². The second-order valence-electron chi connectivity index (χ2n) is 6.41. The maximum atomic E-state index is 3.73. The summed E-state index contributed by atoms with van der Waals surface area (Å²) in [4.78, 5) is 2.39. The van der Waals surface area contributed by atoms with Crippen LogP contribution in [0.25, 0.3) is 0 Å². The van der Waals surface area contributed by atoms with Crippen molar-refractivity contribution in [2.45, 2.75) is 65.5 Å². The van der Waals surface area contributed by atoms with E-state index in [4.69, 9.17) is 0 Å². The summed E-state index contributed by atoms with van der Waals surface area (Å²) in [5.74, 6) is 0.883. The Morgan fingerprint density at radius 1 is 1.05 bits per heavy atom. The van der Waals surface area contributed by atoms with Gasteiger partial charge in [0.25, 0.3) is 0 Å². The van der Waals surface area contributed by atoms with Crippen LogP contribution in [0.3, 0.4) is 0 Å². The molecule has 1 fully saturated rings. The average Bonchev–Trinajstić information content (AvgIpc) is 2.55. The summed E-state index contributed by atoms with van der Waals surface area (Å²) in [5.41, 5.74) is 2.73. The zero-order chi connectivity index (χ0) is 15.1. The molecule has 0 heterocycles. The van der Waals surface area contributed by atoms with E-state index < -0.39 is 0 Å². The summed E-state index contributed by atoms with van der Waals surface area (Å²) in [5, 5.41) is 3.73. The molecule has 1 aromatic carbocycles. The van der Waals surface area contributed by atoms with Crippen molar-refractivity contribution in [2.75, 3.05) is 18.0 Å². The van der Waals surface area contributed by atoms with Gasteiger partial charge in [-0.05, 0) is 57.2 Å². The summed E-state index contributed by atoms with van der Waals surface area (Å²) in [6.07, 6.45) is 7.12. The van der Waals surface area contributed by atoms with Crippen molar-refractivity contribution in [3.8, 4) is 0 Å². The normalized spacial score (nSPS) is 17.7. The first-order valence-electron chi connectivity index (χ1n) is 8.81. The second kappa shape index (κ2) is 8.43. The van der Waals surface area contributed by atoms with E-state index >= 15 is 0 Å². The van der Waals surface area contributed by atoms with Gasteiger partial charge in [0.05, 0.1) is 0 Å². The third kappa shape index (κ3) is 4.74. The lowest BCUT2D eigenvalue weighted by molar-refractivity contribution is 0.280. The largest absolute Gasteiger partial charge is 0.372 e. The Bertz CT molecular complexity index is 389. The topological polar surface area (TPSA) is 15.3 Å². The lowest BCUT2D eigenvalue weighted by Gasteiger charge is -2.28. The summed E-state index contributed by atoms with van der Waals surface area (Å²) in [7, 11) is 0. The molecule has 0 saturated heterocycles. The highest BCUT2D eigenvalue weighted by molar-refractivity contribution is 5.47. The SMILES string of the molecule is CCN(CC)c1ccc(CN[C@@H](C)C2CCCCC2)cc1. The Balaban J connectivity index is 1.82. The van der Waals surface area contributed by atoms with Crippen LogP contribution in [0.2, 0.25) is 0 Å². The zero-order valence-electron chi connectivity index (χ0n) is 14.1. The Morgan fingerprint density at radius 3 is 2.24 bits per heavy atom. The van der Waals surface area contributed by atoms with Crippen molar-refractivity contribution in [1.29, 1.82) is 0 Å². The van der Waals surface area contributed by atoms with Crippen LogP contribution in [-0.4, -0.2) is 19.1 Å². The third-order valence-electron chi connectivity index (χ3n) is 5.05. The van der Waals surface area contributed by atoms with Crippen LogP contribution in [0.1, 0.15) is 58.4 Å². The fourth-order valence-corrected chi connectivity index (χ4v) is 3.49. The molecule has 0 bridgehead atoms. The molecule has 2 rings (SSSR count). The van der Waals surface area contributed by atoms with Crippen LogP contribution >= 0.6 is 0 Å². The van der Waals surface area contributed by atoms with Gasteiger partial charge in [-0.3, -0.25) is 0 Å². The first kappa shape index (κ1) is 16.4. The first-order chi connectivity index (χ1) is 10.2. The minimum absolute atomic E-state index is 0.646. The van der Waals surface area contributed by atoms with Crippen molar-refractivity contribution in [1.82, 2.24) is 5.32 Å². The number of hydrogen-bond acceptors (Lipinski definition) is 2. The number of hydrogen-bond donors (Lipinski definition) is 1. The van der Waals surface area contributed by atoms with Gasteiger partial charge in [-0.2, -0.15) is 0 Å². The zero-order valence-corrected chi connectivity index (χ0v) is 14.1. The number of benzene rings is 1. The van der Waals surface area contributed by atoms with E-state index in [0.29, 0.717) is 6.04 Å². The van der Waals surface area contributed by atoms with E-state index in [1.165, 1.54) is 43.4 Å². The fourth-order valence-electron chi connectivity index (χ4n) is 3.49. The molecule has 0 unspecified atom stereocenters. The molecule has 1 aliphatic carbocycles. The molecule has 2 nitrogen and oxygen atoms in total. The van der Waals surface area contributed by atoms with E-state index in [1.54, 1.807) is 0 Å². The minimum Gasteiger partial charge on any atom is -0.372 e. The van der Waals surface area contributed by atoms with Crippen molar-refractivity contribution in [2.24, 2.45) is 5.92 Å². The number of rotatable bonds is 7. The molecule has 2 heteroatoms. The molecule has 21 heavy (non-hydrogen) atoms. The summed E-state index contributed by atoms with van der Waals surface area (Å²) in [6, 6.07) is 9.71. The van der Waals surface area contributed by atoms with Gasteiger partial charge in [0.15, 0.2) is 0 Å². The fraction of sp³-hybridized carbons (Fsp3) is 0.684.